The molecule has 1 aromatic carbocycles. The molecule has 0 radical (unpaired) electrons. The predicted octanol–water partition coefficient (Wildman–Crippen LogP) is 4.01. The third-order valence-electron chi connectivity index (χ3n) is 5.34. The molecule has 168 valence electrons. The number of para-hydroxylation sites is 1. The molecule has 33 heavy (non-hydrogen) atoms. The molecule has 2 saturated heterocycles. The van der Waals surface area contributed by atoms with Crippen LogP contribution in [-0.2, 0) is 9.53 Å². The zero-order valence-corrected chi connectivity index (χ0v) is 18.9. The Morgan fingerprint density at radius 1 is 1.24 bits per heavy atom. The molecule has 7 nitrogen and oxygen atoms in total. The number of nitrogens with zero attached hydrogens (tertiary/aromatic N) is 3. The van der Waals surface area contributed by atoms with Crippen LogP contribution >= 0.6 is 24.0 Å². The van der Waals surface area contributed by atoms with Crippen LogP contribution in [0.3, 0.4) is 0 Å². The van der Waals surface area contributed by atoms with Crippen LogP contribution < -0.4 is 10.3 Å². The summed E-state index contributed by atoms with van der Waals surface area (Å²) in [5.41, 5.74) is -0.0900. The lowest BCUT2D eigenvalue weighted by molar-refractivity contribution is -0.123. The van der Waals surface area contributed by atoms with Gasteiger partial charge in [-0.2, -0.15) is 4.98 Å². The number of hydrogen-bond donors (Lipinski definition) is 0. The largest absolute Gasteiger partial charge is 0.435 e. The first-order chi connectivity index (χ1) is 16.0. The number of rotatable bonds is 5. The van der Waals surface area contributed by atoms with E-state index in [1.54, 1.807) is 30.5 Å². The zero-order valence-electron chi connectivity index (χ0n) is 17.3. The molecule has 10 heteroatoms. The van der Waals surface area contributed by atoms with Gasteiger partial charge in [0.05, 0.1) is 17.6 Å². The minimum Gasteiger partial charge on any atom is -0.435 e. The van der Waals surface area contributed by atoms with E-state index >= 15 is 0 Å². The Bertz CT molecular complexity index is 1350. The van der Waals surface area contributed by atoms with Gasteiger partial charge in [-0.3, -0.25) is 18.9 Å². The Balaban J connectivity index is 1.56. The molecule has 5 rings (SSSR count). The van der Waals surface area contributed by atoms with Crippen molar-refractivity contribution in [3.8, 4) is 11.6 Å². The fourth-order valence-corrected chi connectivity index (χ4v) is 4.95. The van der Waals surface area contributed by atoms with Gasteiger partial charge in [-0.15, -0.1) is 0 Å². The fraction of sp³-hybridized carbons (Fsp3) is 0.217. The zero-order chi connectivity index (χ0) is 22.9. The number of amides is 1. The Labute approximate surface area is 197 Å². The molecule has 0 aliphatic carbocycles. The topological polar surface area (TPSA) is 73.1 Å². The molecule has 1 amide bonds. The second-order valence-corrected chi connectivity index (χ2v) is 9.20. The van der Waals surface area contributed by atoms with Gasteiger partial charge in [0.2, 0.25) is 5.88 Å². The van der Waals surface area contributed by atoms with Crippen molar-refractivity contribution in [2.75, 3.05) is 13.2 Å². The van der Waals surface area contributed by atoms with Gasteiger partial charge in [0.25, 0.3) is 11.5 Å². The predicted molar refractivity (Wildman–Crippen MR) is 127 cm³/mol. The number of ether oxygens (including phenoxy) is 2. The first-order valence-corrected chi connectivity index (χ1v) is 11.5. The highest BCUT2D eigenvalue weighted by molar-refractivity contribution is 8.26. The minimum atomic E-state index is -0.596. The van der Waals surface area contributed by atoms with Crippen LogP contribution in [0.1, 0.15) is 18.4 Å². The Morgan fingerprint density at radius 2 is 2.06 bits per heavy atom. The number of carbonyl (C=O) groups excluding carboxylic acids is 1. The van der Waals surface area contributed by atoms with Crippen LogP contribution in [0.25, 0.3) is 11.7 Å². The van der Waals surface area contributed by atoms with Gasteiger partial charge in [0.1, 0.15) is 15.5 Å². The van der Waals surface area contributed by atoms with E-state index in [0.717, 1.165) is 24.6 Å². The molecule has 2 aliphatic heterocycles. The number of carbonyl (C=O) groups is 1. The summed E-state index contributed by atoms with van der Waals surface area (Å²) >= 11 is 6.50. The van der Waals surface area contributed by atoms with Crippen LogP contribution in [0.15, 0.2) is 58.4 Å². The van der Waals surface area contributed by atoms with E-state index in [1.807, 2.05) is 0 Å². The quantitative estimate of drug-likeness (QED) is 0.401. The van der Waals surface area contributed by atoms with Crippen molar-refractivity contribution >= 4 is 45.9 Å². The molecule has 1 atom stereocenters. The molecular weight excluding hydrogens is 465 g/mol. The number of benzene rings is 1. The average Bonchev–Trinajstić information content (AvgIpc) is 3.42. The average molecular weight is 484 g/mol. The first kappa shape index (κ1) is 21.7. The molecule has 0 N–H and O–H groups in total. The van der Waals surface area contributed by atoms with Crippen molar-refractivity contribution in [3.63, 3.8) is 0 Å². The van der Waals surface area contributed by atoms with Crippen LogP contribution in [-0.4, -0.2) is 43.8 Å². The molecule has 4 heterocycles. The number of thioether (sulfide) groups is 1. The monoisotopic (exact) mass is 483 g/mol. The van der Waals surface area contributed by atoms with Gasteiger partial charge >= 0.3 is 0 Å². The normalized spacial score (nSPS) is 19.7. The van der Waals surface area contributed by atoms with Crippen molar-refractivity contribution in [2.24, 2.45) is 0 Å². The Hall–Kier alpha value is -3.08. The number of fused-ring (bicyclic) bond motifs is 1. The lowest BCUT2D eigenvalue weighted by Gasteiger charge is -2.18. The molecule has 2 aromatic heterocycles. The summed E-state index contributed by atoms with van der Waals surface area (Å²) in [4.78, 5) is 32.5. The smallest absolute Gasteiger partial charge is 0.269 e. The Kier molecular flexibility index (Phi) is 5.96. The standard InChI is InChI=1S/C23H18FN3O4S2/c24-16-7-1-2-8-17(16)31-20-15(21(28)26-10-4-3-9-19(26)25-20)12-18-22(29)27(23(32)33-18)13-14-6-5-11-30-14/h1-4,7-10,12,14H,5-6,11,13H2. The summed E-state index contributed by atoms with van der Waals surface area (Å²) in [6.07, 6.45) is 4.75. The van der Waals surface area contributed by atoms with E-state index < -0.39 is 11.4 Å². The number of aromatic nitrogens is 2. The van der Waals surface area contributed by atoms with Crippen LogP contribution in [0.5, 0.6) is 11.6 Å². The maximum atomic E-state index is 14.2. The van der Waals surface area contributed by atoms with Gasteiger partial charge in [-0.05, 0) is 43.2 Å². The summed E-state index contributed by atoms with van der Waals surface area (Å²) in [6.45, 7) is 1.04. The maximum absolute atomic E-state index is 14.2. The highest BCUT2D eigenvalue weighted by Gasteiger charge is 2.35. The number of thiocarbonyl (C=S) groups is 1. The number of pyridine rings is 1. The van der Waals surface area contributed by atoms with Crippen LogP contribution in [0.2, 0.25) is 0 Å². The molecule has 2 fully saturated rings. The minimum absolute atomic E-state index is 0.0274. The van der Waals surface area contributed by atoms with Crippen molar-refractivity contribution in [3.05, 3.63) is 75.3 Å². The van der Waals surface area contributed by atoms with E-state index in [2.05, 4.69) is 4.98 Å². The number of halogens is 1. The second-order valence-electron chi connectivity index (χ2n) is 7.52. The van der Waals surface area contributed by atoms with E-state index in [1.165, 1.54) is 33.6 Å². The fourth-order valence-electron chi connectivity index (χ4n) is 3.70. The molecule has 0 bridgehead atoms. The third-order valence-corrected chi connectivity index (χ3v) is 6.71. The summed E-state index contributed by atoms with van der Waals surface area (Å²) in [5, 5.41) is 0. The summed E-state index contributed by atoms with van der Waals surface area (Å²) in [5.74, 6) is -1.08. The van der Waals surface area contributed by atoms with E-state index in [4.69, 9.17) is 21.7 Å². The van der Waals surface area contributed by atoms with Gasteiger partial charge in [0, 0.05) is 12.8 Å². The van der Waals surface area contributed by atoms with Gasteiger partial charge in [-0.25, -0.2) is 4.39 Å². The summed E-state index contributed by atoms with van der Waals surface area (Å²) in [7, 11) is 0. The first-order valence-electron chi connectivity index (χ1n) is 10.3. The molecule has 0 saturated carbocycles. The van der Waals surface area contributed by atoms with Gasteiger partial charge in [0.15, 0.2) is 11.6 Å². The van der Waals surface area contributed by atoms with E-state index in [0.29, 0.717) is 23.1 Å². The Morgan fingerprint density at radius 3 is 2.85 bits per heavy atom. The second kappa shape index (κ2) is 9.05. The van der Waals surface area contributed by atoms with Crippen molar-refractivity contribution < 1.29 is 18.7 Å². The molecular formula is C23H18FN3O4S2. The molecule has 3 aromatic rings. The van der Waals surface area contributed by atoms with Gasteiger partial charge in [-0.1, -0.05) is 42.2 Å². The summed E-state index contributed by atoms with van der Waals surface area (Å²) in [6, 6.07) is 10.9. The molecule has 0 spiro atoms. The lowest BCUT2D eigenvalue weighted by Crippen LogP contribution is -2.35. The van der Waals surface area contributed by atoms with Crippen molar-refractivity contribution in [2.45, 2.75) is 18.9 Å². The van der Waals surface area contributed by atoms with Crippen molar-refractivity contribution in [1.29, 1.82) is 0 Å². The van der Waals surface area contributed by atoms with E-state index in [-0.39, 0.29) is 34.1 Å². The number of hydrogen-bond acceptors (Lipinski definition) is 7. The molecule has 1 unspecified atom stereocenters. The van der Waals surface area contributed by atoms with Crippen LogP contribution in [0.4, 0.5) is 4.39 Å². The third kappa shape index (κ3) is 4.29. The highest BCUT2D eigenvalue weighted by atomic mass is 32.2. The maximum Gasteiger partial charge on any atom is 0.269 e. The van der Waals surface area contributed by atoms with E-state index in [9.17, 15) is 14.0 Å². The van der Waals surface area contributed by atoms with Gasteiger partial charge < -0.3 is 9.47 Å². The summed E-state index contributed by atoms with van der Waals surface area (Å²) < 4.78 is 27.3. The molecule has 2 aliphatic rings. The van der Waals surface area contributed by atoms with Crippen LogP contribution in [0, 0.1) is 5.82 Å². The van der Waals surface area contributed by atoms with Crippen molar-refractivity contribution in [1.82, 2.24) is 14.3 Å². The SMILES string of the molecule is O=C1C(=Cc2c(Oc3ccccc3F)nc3ccccn3c2=O)SC(=S)N1CC1CCCO1. The highest BCUT2D eigenvalue weighted by Crippen LogP contribution is 2.35. The lowest BCUT2D eigenvalue weighted by atomic mass is 10.2.